The first-order valence-electron chi connectivity index (χ1n) is 13.1. The van der Waals surface area contributed by atoms with E-state index in [9.17, 15) is 35.9 Å². The Morgan fingerprint density at radius 2 is 1.71 bits per heavy atom. The maximum Gasteiger partial charge on any atom is 0.573 e. The molecule has 1 aliphatic rings. The normalized spacial score (nSPS) is 14.7. The van der Waals surface area contributed by atoms with Crippen molar-refractivity contribution in [3.05, 3.63) is 95.6 Å². The van der Waals surface area contributed by atoms with Crippen molar-refractivity contribution in [2.45, 2.75) is 32.3 Å². The zero-order valence-corrected chi connectivity index (χ0v) is 24.0. The predicted octanol–water partition coefficient (Wildman–Crippen LogP) is 6.95. The molecule has 9 nitrogen and oxygen atoms in total. The van der Waals surface area contributed by atoms with Crippen LogP contribution in [0, 0.1) is 6.92 Å². The van der Waals surface area contributed by atoms with Gasteiger partial charge in [0.05, 0.1) is 22.7 Å². The maximum atomic E-state index is 13.6. The molecule has 45 heavy (non-hydrogen) atoms. The van der Waals surface area contributed by atoms with E-state index >= 15 is 0 Å². The number of amides is 3. The number of aromatic nitrogens is 3. The van der Waals surface area contributed by atoms with Crippen molar-refractivity contribution in [1.29, 1.82) is 0 Å². The second-order valence-electron chi connectivity index (χ2n) is 9.70. The summed E-state index contributed by atoms with van der Waals surface area (Å²) in [6.07, 6.45) is -7.08. The van der Waals surface area contributed by atoms with Crippen molar-refractivity contribution < 1.29 is 40.7 Å². The van der Waals surface area contributed by atoms with Crippen LogP contribution in [0.4, 0.5) is 42.5 Å². The van der Waals surface area contributed by atoms with Crippen molar-refractivity contribution in [2.75, 3.05) is 16.0 Å². The number of halogens is 6. The zero-order valence-electron chi connectivity index (χ0n) is 23.2. The van der Waals surface area contributed by atoms with Gasteiger partial charge in [-0.2, -0.15) is 23.3 Å². The van der Waals surface area contributed by atoms with E-state index in [0.717, 1.165) is 28.3 Å². The number of ether oxygens (including phenoxy) is 1. The number of amidine groups is 1. The molecule has 1 aliphatic heterocycles. The fourth-order valence-corrected chi connectivity index (χ4v) is 5.19. The predicted molar refractivity (Wildman–Crippen MR) is 154 cm³/mol. The Balaban J connectivity index is 1.19. The summed E-state index contributed by atoms with van der Waals surface area (Å²) in [7, 11) is 0. The lowest BCUT2D eigenvalue weighted by atomic mass is 10.1. The topological polar surface area (TPSA) is 102 Å². The number of thioether (sulfide) groups is 1. The number of aryl methyl sites for hydroxylation is 3. The molecule has 2 heterocycles. The van der Waals surface area contributed by atoms with Crippen molar-refractivity contribution in [1.82, 2.24) is 14.8 Å². The fourth-order valence-electron chi connectivity index (χ4n) is 4.33. The SMILES string of the molecule is Cc1ccc(C(F)(F)F)c(N2C(=O)CS/C2=N\C(=O)Nc2ccc(CCc3ncn(-c4ccc(OC(F)(F)F)cc4)n3)cc2)c1. The lowest BCUT2D eigenvalue weighted by Crippen LogP contribution is -2.32. The highest BCUT2D eigenvalue weighted by Crippen LogP contribution is 2.40. The lowest BCUT2D eigenvalue weighted by Gasteiger charge is -2.21. The van der Waals surface area contributed by atoms with Crippen LogP contribution in [-0.2, 0) is 23.8 Å². The van der Waals surface area contributed by atoms with Crippen molar-refractivity contribution >= 4 is 40.2 Å². The molecule has 0 saturated carbocycles. The van der Waals surface area contributed by atoms with Crippen LogP contribution in [0.3, 0.4) is 0 Å². The Hall–Kier alpha value is -4.86. The standard InChI is InChI=1S/C29H22F6N6O3S/c1-17-2-12-22(28(30,31)32)23(14-17)41-25(42)15-45-27(41)38-26(43)37-19-6-3-18(4-7-19)5-13-24-36-16-40(39-24)20-8-10-21(11-9-20)44-29(33,34)35/h2-4,6-12,14,16H,5,13,15H2,1H3,(H,37,43)/b38-27-. The average molecular weight is 649 g/mol. The number of nitrogens with one attached hydrogen (secondary N) is 1. The summed E-state index contributed by atoms with van der Waals surface area (Å²) in [5.41, 5.74) is 0.857. The van der Waals surface area contributed by atoms with E-state index in [1.54, 1.807) is 31.2 Å². The Morgan fingerprint density at radius 1 is 1.00 bits per heavy atom. The number of carbonyl (C=O) groups excluding carboxylic acids is 2. The summed E-state index contributed by atoms with van der Waals surface area (Å²) in [4.78, 5) is 34.1. The molecule has 234 valence electrons. The fraction of sp³-hybridized carbons (Fsp3) is 0.207. The van der Waals surface area contributed by atoms with Crippen LogP contribution >= 0.6 is 11.8 Å². The van der Waals surface area contributed by atoms with Gasteiger partial charge in [0.25, 0.3) is 0 Å². The summed E-state index contributed by atoms with van der Waals surface area (Å²) in [5.74, 6) is -0.647. The molecule has 16 heteroatoms. The van der Waals surface area contributed by atoms with E-state index in [1.807, 2.05) is 0 Å². The molecule has 0 spiro atoms. The van der Waals surface area contributed by atoms with Gasteiger partial charge in [-0.3, -0.25) is 9.69 Å². The molecular formula is C29H22F6N6O3S. The van der Waals surface area contributed by atoms with Crippen LogP contribution in [0.2, 0.25) is 0 Å². The number of hydrogen-bond donors (Lipinski definition) is 1. The summed E-state index contributed by atoms with van der Waals surface area (Å²) in [5, 5.41) is 6.73. The van der Waals surface area contributed by atoms with Gasteiger partial charge in [0.1, 0.15) is 12.1 Å². The molecule has 0 atom stereocenters. The minimum Gasteiger partial charge on any atom is -0.406 e. The van der Waals surface area contributed by atoms with Crippen LogP contribution in [0.5, 0.6) is 5.75 Å². The molecule has 1 saturated heterocycles. The van der Waals surface area contributed by atoms with Gasteiger partial charge in [-0.1, -0.05) is 30.0 Å². The summed E-state index contributed by atoms with van der Waals surface area (Å²) in [6, 6.07) is 14.5. The first-order valence-corrected chi connectivity index (χ1v) is 14.1. The van der Waals surface area contributed by atoms with Crippen LogP contribution < -0.4 is 15.0 Å². The second kappa shape index (κ2) is 12.6. The molecule has 3 aromatic carbocycles. The molecule has 0 aliphatic carbocycles. The van der Waals surface area contributed by atoms with E-state index in [4.69, 9.17) is 0 Å². The van der Waals surface area contributed by atoms with Gasteiger partial charge in [-0.05, 0) is 73.0 Å². The number of hydrogen-bond acceptors (Lipinski definition) is 6. The highest BCUT2D eigenvalue weighted by Gasteiger charge is 2.40. The lowest BCUT2D eigenvalue weighted by molar-refractivity contribution is -0.274. The molecule has 3 amide bonds. The Morgan fingerprint density at radius 3 is 2.38 bits per heavy atom. The highest BCUT2D eigenvalue weighted by atomic mass is 32.2. The number of anilines is 2. The van der Waals surface area contributed by atoms with E-state index in [2.05, 4.69) is 25.1 Å². The minimum atomic E-state index is -4.78. The summed E-state index contributed by atoms with van der Waals surface area (Å²) >= 11 is 0.865. The van der Waals surface area contributed by atoms with Crippen LogP contribution in [0.1, 0.15) is 22.5 Å². The minimum absolute atomic E-state index is 0.164. The zero-order chi connectivity index (χ0) is 32.4. The molecule has 0 unspecified atom stereocenters. The molecule has 1 fully saturated rings. The number of urea groups is 1. The van der Waals surface area contributed by atoms with Gasteiger partial charge in [-0.25, -0.2) is 14.5 Å². The van der Waals surface area contributed by atoms with Crippen LogP contribution in [0.15, 0.2) is 78.0 Å². The number of alkyl halides is 6. The van der Waals surface area contributed by atoms with Crippen molar-refractivity contribution in [2.24, 2.45) is 4.99 Å². The van der Waals surface area contributed by atoms with Gasteiger partial charge < -0.3 is 10.1 Å². The van der Waals surface area contributed by atoms with E-state index in [-0.39, 0.29) is 22.4 Å². The monoisotopic (exact) mass is 648 g/mol. The smallest absolute Gasteiger partial charge is 0.406 e. The number of carbonyl (C=O) groups is 2. The third-order valence-electron chi connectivity index (χ3n) is 6.38. The maximum absolute atomic E-state index is 13.6. The van der Waals surface area contributed by atoms with Crippen molar-refractivity contribution in [3.63, 3.8) is 0 Å². The Kier molecular flexibility index (Phi) is 8.86. The van der Waals surface area contributed by atoms with Gasteiger partial charge in [0.15, 0.2) is 11.0 Å². The average Bonchev–Trinajstić information content (AvgIpc) is 3.58. The van der Waals surface area contributed by atoms with Crippen LogP contribution in [-0.4, -0.2) is 44.0 Å². The molecule has 1 aromatic heterocycles. The third kappa shape index (κ3) is 8.00. The summed E-state index contributed by atoms with van der Waals surface area (Å²) in [6.45, 7) is 1.59. The summed E-state index contributed by atoms with van der Waals surface area (Å²) < 4.78 is 83.3. The molecule has 0 radical (unpaired) electrons. The van der Waals surface area contributed by atoms with Gasteiger partial charge in [0.2, 0.25) is 5.91 Å². The first-order chi connectivity index (χ1) is 21.2. The molecule has 5 rings (SSSR count). The van der Waals surface area contributed by atoms with Crippen molar-refractivity contribution in [3.8, 4) is 11.4 Å². The van der Waals surface area contributed by atoms with Gasteiger partial charge >= 0.3 is 18.6 Å². The van der Waals surface area contributed by atoms with E-state index in [0.29, 0.717) is 35.6 Å². The molecule has 1 N–H and O–H groups in total. The highest BCUT2D eigenvalue weighted by molar-refractivity contribution is 8.15. The van der Waals surface area contributed by atoms with Gasteiger partial charge in [-0.15, -0.1) is 13.2 Å². The molecular weight excluding hydrogens is 626 g/mol. The Labute approximate surface area is 255 Å². The first kappa shape index (κ1) is 31.6. The number of aliphatic imine (C=N–C) groups is 1. The largest absolute Gasteiger partial charge is 0.573 e. The number of benzene rings is 3. The van der Waals surface area contributed by atoms with E-state index < -0.39 is 30.0 Å². The van der Waals surface area contributed by atoms with Gasteiger partial charge in [0, 0.05) is 12.1 Å². The second-order valence-corrected chi connectivity index (χ2v) is 10.6. The van der Waals surface area contributed by atoms with Crippen LogP contribution in [0.25, 0.3) is 5.69 Å². The molecule has 0 bridgehead atoms. The Bertz CT molecular complexity index is 1740. The number of rotatable bonds is 7. The quantitative estimate of drug-likeness (QED) is 0.218. The molecule has 4 aromatic rings. The number of nitrogens with zero attached hydrogens (tertiary/aromatic N) is 5. The van der Waals surface area contributed by atoms with E-state index in [1.165, 1.54) is 47.4 Å². The third-order valence-corrected chi connectivity index (χ3v) is 7.30.